The number of rotatable bonds is 6. The molecule has 0 bridgehead atoms. The molecule has 1 heterocycles. The maximum Gasteiger partial charge on any atom is 0.317 e. The molecule has 0 saturated carbocycles. The topological polar surface area (TPSA) is 75.7 Å². The number of sulfone groups is 1. The second kappa shape index (κ2) is 7.60. The molecule has 0 unspecified atom stereocenters. The lowest BCUT2D eigenvalue weighted by molar-refractivity contribution is 0.122. The van der Waals surface area contributed by atoms with E-state index in [1.807, 2.05) is 30.3 Å². The number of hydrogen-bond acceptors (Lipinski definition) is 4. The van der Waals surface area contributed by atoms with E-state index in [1.165, 1.54) is 6.26 Å². The highest BCUT2D eigenvalue weighted by Gasteiger charge is 2.32. The molecule has 1 aliphatic heterocycles. The molecule has 1 fully saturated rings. The van der Waals surface area contributed by atoms with E-state index >= 15 is 0 Å². The van der Waals surface area contributed by atoms with Gasteiger partial charge in [-0.25, -0.2) is 13.2 Å². The van der Waals surface area contributed by atoms with Crippen molar-refractivity contribution >= 4 is 15.9 Å². The molecule has 1 aromatic carbocycles. The molecule has 0 aromatic heterocycles. The van der Waals surface area contributed by atoms with Crippen molar-refractivity contribution in [1.29, 1.82) is 0 Å². The predicted octanol–water partition coefficient (Wildman–Crippen LogP) is 1.03. The average Bonchev–Trinajstić information content (AvgIpc) is 2.98. The molecule has 2 rings (SSSR count). The largest absolute Gasteiger partial charge is 0.375 e. The quantitative estimate of drug-likeness (QED) is 0.792. The molecule has 22 heavy (non-hydrogen) atoms. The van der Waals surface area contributed by atoms with Gasteiger partial charge in [0.05, 0.1) is 18.5 Å². The molecule has 1 aliphatic rings. The van der Waals surface area contributed by atoms with E-state index in [0.717, 1.165) is 5.56 Å². The van der Waals surface area contributed by atoms with E-state index in [2.05, 4.69) is 5.32 Å². The Bertz CT molecular complexity index is 589. The second-order valence-electron chi connectivity index (χ2n) is 5.46. The minimum absolute atomic E-state index is 0.227. The van der Waals surface area contributed by atoms with E-state index in [4.69, 9.17) is 4.74 Å². The number of amides is 2. The van der Waals surface area contributed by atoms with Gasteiger partial charge in [0, 0.05) is 25.9 Å². The molecule has 0 aliphatic carbocycles. The van der Waals surface area contributed by atoms with Crippen molar-refractivity contribution in [2.75, 3.05) is 32.5 Å². The van der Waals surface area contributed by atoms with Gasteiger partial charge in [-0.1, -0.05) is 30.3 Å². The highest BCUT2D eigenvalue weighted by Crippen LogP contribution is 2.15. The van der Waals surface area contributed by atoms with E-state index in [1.54, 1.807) is 4.90 Å². The molecule has 1 aromatic rings. The van der Waals surface area contributed by atoms with Crippen LogP contribution in [0.25, 0.3) is 0 Å². The summed E-state index contributed by atoms with van der Waals surface area (Å²) in [4.78, 5) is 13.5. The van der Waals surface area contributed by atoms with Crippen LogP contribution in [0.2, 0.25) is 0 Å². The van der Waals surface area contributed by atoms with E-state index < -0.39 is 15.1 Å². The van der Waals surface area contributed by atoms with Crippen LogP contribution in [0.3, 0.4) is 0 Å². The molecular weight excluding hydrogens is 304 g/mol. The van der Waals surface area contributed by atoms with Crippen LogP contribution in [0.5, 0.6) is 0 Å². The van der Waals surface area contributed by atoms with Gasteiger partial charge in [0.2, 0.25) is 0 Å². The fourth-order valence-electron chi connectivity index (χ4n) is 2.37. The molecule has 0 radical (unpaired) electrons. The number of nitrogens with zero attached hydrogens (tertiary/aromatic N) is 1. The summed E-state index contributed by atoms with van der Waals surface area (Å²) >= 11 is 0. The highest BCUT2D eigenvalue weighted by molar-refractivity contribution is 7.91. The zero-order chi connectivity index (χ0) is 16.0. The van der Waals surface area contributed by atoms with Crippen molar-refractivity contribution in [3.63, 3.8) is 0 Å². The summed E-state index contributed by atoms with van der Waals surface area (Å²) < 4.78 is 28.4. The maximum absolute atomic E-state index is 11.9. The van der Waals surface area contributed by atoms with Gasteiger partial charge in [-0.05, 0) is 12.0 Å². The SMILES string of the molecule is CS(=O)(=O)[C@H]1CCN(C(=O)NCCOCc2ccccc2)C1. The van der Waals surface area contributed by atoms with Gasteiger partial charge < -0.3 is 15.0 Å². The van der Waals surface area contributed by atoms with E-state index in [-0.39, 0.29) is 12.6 Å². The fourth-order valence-corrected chi connectivity index (χ4v) is 3.35. The lowest BCUT2D eigenvalue weighted by Crippen LogP contribution is -2.40. The van der Waals surface area contributed by atoms with Gasteiger partial charge in [0.25, 0.3) is 0 Å². The number of carbonyl (C=O) groups is 1. The lowest BCUT2D eigenvalue weighted by Gasteiger charge is -2.17. The average molecular weight is 326 g/mol. The van der Waals surface area contributed by atoms with Gasteiger partial charge in [-0.15, -0.1) is 0 Å². The predicted molar refractivity (Wildman–Crippen MR) is 84.3 cm³/mol. The number of nitrogens with one attached hydrogen (secondary N) is 1. The van der Waals surface area contributed by atoms with Crippen LogP contribution >= 0.6 is 0 Å². The van der Waals surface area contributed by atoms with Crippen molar-refractivity contribution < 1.29 is 17.9 Å². The first kappa shape index (κ1) is 16.8. The first-order valence-corrected chi connectivity index (χ1v) is 9.25. The van der Waals surface area contributed by atoms with Crippen molar-refractivity contribution in [2.45, 2.75) is 18.3 Å². The number of urea groups is 1. The smallest absolute Gasteiger partial charge is 0.317 e. The Labute approximate surface area is 131 Å². The summed E-state index contributed by atoms with van der Waals surface area (Å²) in [6.45, 7) is 2.09. The highest BCUT2D eigenvalue weighted by atomic mass is 32.2. The molecule has 2 amide bonds. The van der Waals surface area contributed by atoms with Crippen molar-refractivity contribution in [3.05, 3.63) is 35.9 Å². The van der Waals surface area contributed by atoms with Crippen molar-refractivity contribution in [2.24, 2.45) is 0 Å². The Morgan fingerprint density at radius 1 is 1.36 bits per heavy atom. The van der Waals surface area contributed by atoms with Crippen molar-refractivity contribution in [3.8, 4) is 0 Å². The summed E-state index contributed by atoms with van der Waals surface area (Å²) in [6.07, 6.45) is 1.73. The summed E-state index contributed by atoms with van der Waals surface area (Å²) in [5, 5.41) is 2.31. The summed E-state index contributed by atoms with van der Waals surface area (Å²) in [7, 11) is -3.08. The molecule has 7 heteroatoms. The first-order valence-electron chi connectivity index (χ1n) is 7.30. The van der Waals surface area contributed by atoms with Gasteiger partial charge in [0.15, 0.2) is 9.84 Å². The van der Waals surface area contributed by atoms with Crippen LogP contribution < -0.4 is 5.32 Å². The fraction of sp³-hybridized carbons (Fsp3) is 0.533. The Morgan fingerprint density at radius 2 is 2.09 bits per heavy atom. The van der Waals surface area contributed by atoms with Crippen LogP contribution in [-0.4, -0.2) is 57.1 Å². The normalized spacial score (nSPS) is 18.4. The number of benzene rings is 1. The monoisotopic (exact) mass is 326 g/mol. The number of carbonyl (C=O) groups excluding carboxylic acids is 1. The van der Waals surface area contributed by atoms with E-state index in [9.17, 15) is 13.2 Å². The molecule has 122 valence electrons. The minimum atomic E-state index is -3.08. The molecular formula is C15H22N2O4S. The molecule has 1 atom stereocenters. The Balaban J connectivity index is 1.62. The van der Waals surface area contributed by atoms with Crippen LogP contribution in [0.4, 0.5) is 4.79 Å². The van der Waals surface area contributed by atoms with Crippen LogP contribution in [-0.2, 0) is 21.2 Å². The van der Waals surface area contributed by atoms with Crippen LogP contribution in [0.15, 0.2) is 30.3 Å². The van der Waals surface area contributed by atoms with Gasteiger partial charge >= 0.3 is 6.03 Å². The Hall–Kier alpha value is -1.60. The molecule has 6 nitrogen and oxygen atoms in total. The third kappa shape index (κ3) is 4.99. The van der Waals surface area contributed by atoms with Crippen molar-refractivity contribution in [1.82, 2.24) is 10.2 Å². The first-order chi connectivity index (χ1) is 10.5. The van der Waals surface area contributed by atoms with Crippen LogP contribution in [0.1, 0.15) is 12.0 Å². The lowest BCUT2D eigenvalue weighted by atomic mass is 10.2. The van der Waals surface area contributed by atoms with Gasteiger partial charge in [-0.2, -0.15) is 0 Å². The number of hydrogen-bond donors (Lipinski definition) is 1. The second-order valence-corrected chi connectivity index (χ2v) is 7.78. The van der Waals surface area contributed by atoms with Gasteiger partial charge in [0.1, 0.15) is 0 Å². The Morgan fingerprint density at radius 3 is 2.73 bits per heavy atom. The standard InChI is InChI=1S/C15H22N2O4S/c1-22(19,20)14-7-9-17(11-14)15(18)16-8-10-21-12-13-5-3-2-4-6-13/h2-6,14H,7-12H2,1H3,(H,16,18)/t14-/m0/s1. The zero-order valence-electron chi connectivity index (χ0n) is 12.7. The molecule has 1 saturated heterocycles. The summed E-state index contributed by atoms with van der Waals surface area (Å²) in [5.74, 6) is 0. The third-order valence-electron chi connectivity index (χ3n) is 3.67. The maximum atomic E-state index is 11.9. The zero-order valence-corrected chi connectivity index (χ0v) is 13.5. The third-order valence-corrected chi connectivity index (χ3v) is 5.27. The minimum Gasteiger partial charge on any atom is -0.375 e. The molecule has 1 N–H and O–H groups in total. The van der Waals surface area contributed by atoms with E-state index in [0.29, 0.717) is 32.7 Å². The van der Waals surface area contributed by atoms with Gasteiger partial charge in [-0.3, -0.25) is 0 Å². The summed E-state index contributed by atoms with van der Waals surface area (Å²) in [5.41, 5.74) is 1.09. The summed E-state index contributed by atoms with van der Waals surface area (Å²) in [6, 6.07) is 9.58. The Kier molecular flexibility index (Phi) is 5.79. The number of likely N-dealkylation sites (tertiary alicyclic amines) is 1. The molecule has 0 spiro atoms. The van der Waals surface area contributed by atoms with Crippen LogP contribution in [0, 0.1) is 0 Å². The number of ether oxygens (including phenoxy) is 1.